The number of hydrogen-bond acceptors (Lipinski definition) is 3. The molecule has 0 saturated carbocycles. The molecule has 0 fully saturated rings. The lowest BCUT2D eigenvalue weighted by molar-refractivity contribution is -0.114. The van der Waals surface area contributed by atoms with Crippen molar-refractivity contribution >= 4 is 23.1 Å². The SMILES string of the molecule is CC(=O)Nc1cccc(C(=O)NCc2cn3c(C)cccc3n2)c1. The van der Waals surface area contributed by atoms with Crippen LogP contribution >= 0.6 is 0 Å². The van der Waals surface area contributed by atoms with Gasteiger partial charge in [0.05, 0.1) is 12.2 Å². The van der Waals surface area contributed by atoms with Crippen LogP contribution in [-0.2, 0) is 11.3 Å². The molecule has 3 aromatic rings. The lowest BCUT2D eigenvalue weighted by atomic mass is 10.2. The first-order valence-electron chi connectivity index (χ1n) is 7.62. The summed E-state index contributed by atoms with van der Waals surface area (Å²) < 4.78 is 1.99. The molecule has 0 aliphatic rings. The Balaban J connectivity index is 1.70. The van der Waals surface area contributed by atoms with E-state index in [1.807, 2.05) is 35.7 Å². The molecule has 0 radical (unpaired) electrons. The number of anilines is 1. The minimum Gasteiger partial charge on any atom is -0.346 e. The number of rotatable bonds is 4. The van der Waals surface area contributed by atoms with Crippen molar-refractivity contribution in [3.63, 3.8) is 0 Å². The minimum atomic E-state index is -0.212. The molecule has 2 amide bonds. The Morgan fingerprint density at radius 1 is 1.17 bits per heavy atom. The first-order valence-corrected chi connectivity index (χ1v) is 7.62. The summed E-state index contributed by atoms with van der Waals surface area (Å²) in [6, 6.07) is 12.7. The van der Waals surface area contributed by atoms with Gasteiger partial charge in [-0.25, -0.2) is 4.98 Å². The van der Waals surface area contributed by atoms with E-state index in [1.165, 1.54) is 6.92 Å². The number of imidazole rings is 1. The smallest absolute Gasteiger partial charge is 0.251 e. The Labute approximate surface area is 139 Å². The summed E-state index contributed by atoms with van der Waals surface area (Å²) in [6.45, 7) is 3.77. The summed E-state index contributed by atoms with van der Waals surface area (Å²) in [5.74, 6) is -0.386. The van der Waals surface area contributed by atoms with E-state index in [-0.39, 0.29) is 11.8 Å². The van der Waals surface area contributed by atoms with Crippen molar-refractivity contribution < 1.29 is 9.59 Å². The van der Waals surface area contributed by atoms with Gasteiger partial charge in [-0.05, 0) is 37.3 Å². The Bertz CT molecular complexity index is 914. The average Bonchev–Trinajstić information content (AvgIpc) is 2.97. The monoisotopic (exact) mass is 322 g/mol. The number of aryl methyl sites for hydroxylation is 1. The molecule has 0 aliphatic carbocycles. The zero-order valence-corrected chi connectivity index (χ0v) is 13.5. The standard InChI is InChI=1S/C18H18N4O2/c1-12-5-3-8-17-21-16(11-22(12)17)10-19-18(24)14-6-4-7-15(9-14)20-13(2)23/h3-9,11H,10H2,1-2H3,(H,19,24)(H,20,23). The van der Waals surface area contributed by atoms with Crippen LogP contribution in [0.15, 0.2) is 48.7 Å². The van der Waals surface area contributed by atoms with E-state index in [1.54, 1.807) is 24.3 Å². The van der Waals surface area contributed by atoms with Gasteiger partial charge in [-0.2, -0.15) is 0 Å². The molecule has 0 spiro atoms. The molecule has 6 heteroatoms. The van der Waals surface area contributed by atoms with Gasteiger partial charge in [0, 0.05) is 30.1 Å². The van der Waals surface area contributed by atoms with Crippen LogP contribution in [0.1, 0.15) is 28.7 Å². The first kappa shape index (κ1) is 15.7. The highest BCUT2D eigenvalue weighted by atomic mass is 16.2. The fourth-order valence-corrected chi connectivity index (χ4v) is 2.50. The molecular formula is C18H18N4O2. The molecule has 3 rings (SSSR count). The van der Waals surface area contributed by atoms with Crippen LogP contribution in [0.3, 0.4) is 0 Å². The maximum Gasteiger partial charge on any atom is 0.251 e. The van der Waals surface area contributed by atoms with Crippen molar-refractivity contribution in [2.45, 2.75) is 20.4 Å². The summed E-state index contributed by atoms with van der Waals surface area (Å²) in [5, 5.41) is 5.51. The van der Waals surface area contributed by atoms with Crippen molar-refractivity contribution in [3.8, 4) is 0 Å². The second kappa shape index (κ2) is 6.54. The van der Waals surface area contributed by atoms with Gasteiger partial charge in [0.25, 0.3) is 5.91 Å². The van der Waals surface area contributed by atoms with E-state index in [2.05, 4.69) is 15.6 Å². The predicted molar refractivity (Wildman–Crippen MR) is 91.8 cm³/mol. The van der Waals surface area contributed by atoms with E-state index in [0.717, 1.165) is 17.0 Å². The Kier molecular flexibility index (Phi) is 4.29. The van der Waals surface area contributed by atoms with Crippen LogP contribution < -0.4 is 10.6 Å². The molecule has 1 aromatic carbocycles. The maximum absolute atomic E-state index is 12.3. The molecule has 2 heterocycles. The third-order valence-electron chi connectivity index (χ3n) is 3.62. The van der Waals surface area contributed by atoms with Gasteiger partial charge in [0.2, 0.25) is 5.91 Å². The number of amides is 2. The molecule has 0 atom stereocenters. The largest absolute Gasteiger partial charge is 0.346 e. The van der Waals surface area contributed by atoms with Gasteiger partial charge in [0.15, 0.2) is 0 Å². The predicted octanol–water partition coefficient (Wildman–Crippen LogP) is 2.53. The summed E-state index contributed by atoms with van der Waals surface area (Å²) >= 11 is 0. The molecule has 24 heavy (non-hydrogen) atoms. The maximum atomic E-state index is 12.3. The third kappa shape index (κ3) is 3.43. The lowest BCUT2D eigenvalue weighted by Gasteiger charge is -2.06. The van der Waals surface area contributed by atoms with Crippen LogP contribution in [0.4, 0.5) is 5.69 Å². The minimum absolute atomic E-state index is 0.173. The average molecular weight is 322 g/mol. The van der Waals surface area contributed by atoms with Crippen LogP contribution in [0.5, 0.6) is 0 Å². The van der Waals surface area contributed by atoms with Gasteiger partial charge in [-0.3, -0.25) is 9.59 Å². The number of carbonyl (C=O) groups is 2. The Hall–Kier alpha value is -3.15. The quantitative estimate of drug-likeness (QED) is 0.775. The van der Waals surface area contributed by atoms with Crippen LogP contribution in [0.25, 0.3) is 5.65 Å². The van der Waals surface area contributed by atoms with Gasteiger partial charge in [-0.1, -0.05) is 12.1 Å². The van der Waals surface area contributed by atoms with E-state index >= 15 is 0 Å². The second-order valence-corrected chi connectivity index (χ2v) is 5.57. The van der Waals surface area contributed by atoms with Crippen molar-refractivity contribution in [2.75, 3.05) is 5.32 Å². The summed E-state index contributed by atoms with van der Waals surface area (Å²) in [4.78, 5) is 27.9. The Morgan fingerprint density at radius 2 is 1.96 bits per heavy atom. The lowest BCUT2D eigenvalue weighted by Crippen LogP contribution is -2.23. The highest BCUT2D eigenvalue weighted by Crippen LogP contribution is 2.11. The molecule has 122 valence electrons. The van der Waals surface area contributed by atoms with E-state index in [0.29, 0.717) is 17.8 Å². The van der Waals surface area contributed by atoms with Gasteiger partial charge >= 0.3 is 0 Å². The third-order valence-corrected chi connectivity index (χ3v) is 3.62. The molecular weight excluding hydrogens is 304 g/mol. The summed E-state index contributed by atoms with van der Waals surface area (Å²) in [7, 11) is 0. The molecule has 2 N–H and O–H groups in total. The summed E-state index contributed by atoms with van der Waals surface area (Å²) in [6.07, 6.45) is 1.92. The fraction of sp³-hybridized carbons (Fsp3) is 0.167. The molecule has 0 aliphatic heterocycles. The highest BCUT2D eigenvalue weighted by Gasteiger charge is 2.09. The number of hydrogen-bond donors (Lipinski definition) is 2. The zero-order chi connectivity index (χ0) is 17.1. The normalized spacial score (nSPS) is 10.6. The van der Waals surface area contributed by atoms with Crippen LogP contribution in [0.2, 0.25) is 0 Å². The Morgan fingerprint density at radius 3 is 2.71 bits per heavy atom. The highest BCUT2D eigenvalue weighted by molar-refractivity contribution is 5.96. The van der Waals surface area contributed by atoms with E-state index < -0.39 is 0 Å². The molecule has 0 saturated heterocycles. The number of aromatic nitrogens is 2. The van der Waals surface area contributed by atoms with Gasteiger partial charge in [-0.15, -0.1) is 0 Å². The fourth-order valence-electron chi connectivity index (χ4n) is 2.50. The first-order chi connectivity index (χ1) is 11.5. The number of nitrogens with one attached hydrogen (secondary N) is 2. The summed E-state index contributed by atoms with van der Waals surface area (Å²) in [5.41, 5.74) is 3.81. The molecule has 0 bridgehead atoms. The van der Waals surface area contributed by atoms with Crippen LogP contribution in [0, 0.1) is 6.92 Å². The number of benzene rings is 1. The number of pyridine rings is 1. The van der Waals surface area contributed by atoms with Crippen molar-refractivity contribution in [1.29, 1.82) is 0 Å². The van der Waals surface area contributed by atoms with E-state index in [4.69, 9.17) is 0 Å². The van der Waals surface area contributed by atoms with Crippen molar-refractivity contribution in [2.24, 2.45) is 0 Å². The molecule has 0 unspecified atom stereocenters. The second-order valence-electron chi connectivity index (χ2n) is 5.57. The van der Waals surface area contributed by atoms with Crippen molar-refractivity contribution in [1.82, 2.24) is 14.7 Å². The van der Waals surface area contributed by atoms with Crippen molar-refractivity contribution in [3.05, 3.63) is 65.6 Å². The van der Waals surface area contributed by atoms with Crippen LogP contribution in [-0.4, -0.2) is 21.2 Å². The zero-order valence-electron chi connectivity index (χ0n) is 13.5. The van der Waals surface area contributed by atoms with E-state index in [9.17, 15) is 9.59 Å². The number of fused-ring (bicyclic) bond motifs is 1. The topological polar surface area (TPSA) is 75.5 Å². The van der Waals surface area contributed by atoms with Gasteiger partial charge < -0.3 is 15.0 Å². The number of nitrogens with zero attached hydrogens (tertiary/aromatic N) is 2. The number of carbonyl (C=O) groups excluding carboxylic acids is 2. The molecule has 6 nitrogen and oxygen atoms in total. The van der Waals surface area contributed by atoms with Gasteiger partial charge in [0.1, 0.15) is 5.65 Å². The molecule has 2 aromatic heterocycles.